The van der Waals surface area contributed by atoms with Crippen LogP contribution in [0.3, 0.4) is 0 Å². The van der Waals surface area contributed by atoms with Crippen LogP contribution in [0.25, 0.3) is 5.57 Å². The van der Waals surface area contributed by atoms with Gasteiger partial charge in [-0.1, -0.05) is 42.0 Å². The zero-order valence-electron chi connectivity index (χ0n) is 18.9. The Kier molecular flexibility index (Phi) is 6.27. The van der Waals surface area contributed by atoms with Crippen LogP contribution in [-0.4, -0.2) is 24.9 Å². The molecular formula is C27H26FN3O2. The Morgan fingerprint density at radius 1 is 0.848 bits per heavy atom. The number of nitrogens with one attached hydrogen (secondary N) is 1. The molecule has 6 heteroatoms. The second-order valence-electron chi connectivity index (χ2n) is 7.86. The first kappa shape index (κ1) is 22.3. The van der Waals surface area contributed by atoms with Crippen molar-refractivity contribution in [2.45, 2.75) is 20.8 Å². The van der Waals surface area contributed by atoms with Crippen molar-refractivity contribution in [1.82, 2.24) is 0 Å². The lowest BCUT2D eigenvalue weighted by Crippen LogP contribution is -2.33. The molecule has 3 aromatic rings. The highest BCUT2D eigenvalue weighted by atomic mass is 19.1. The molecule has 168 valence electrons. The lowest BCUT2D eigenvalue weighted by atomic mass is 10.0. The summed E-state index contributed by atoms with van der Waals surface area (Å²) in [4.78, 5) is 29.9. The minimum Gasteiger partial charge on any atom is -0.372 e. The molecule has 0 bridgehead atoms. The maximum atomic E-state index is 14.5. The summed E-state index contributed by atoms with van der Waals surface area (Å²) < 4.78 is 14.5. The van der Waals surface area contributed by atoms with Crippen LogP contribution in [0.15, 0.2) is 78.5 Å². The van der Waals surface area contributed by atoms with Crippen molar-refractivity contribution in [2.75, 3.05) is 28.2 Å². The minimum atomic E-state index is -0.632. The molecule has 0 saturated heterocycles. The summed E-state index contributed by atoms with van der Waals surface area (Å²) in [6.45, 7) is 7.90. The zero-order valence-corrected chi connectivity index (χ0v) is 18.9. The number of rotatable bonds is 7. The molecule has 0 spiro atoms. The van der Waals surface area contributed by atoms with E-state index in [2.05, 4.69) is 24.1 Å². The molecule has 3 aromatic carbocycles. The number of carbonyl (C=O) groups excluding carboxylic acids is 2. The van der Waals surface area contributed by atoms with E-state index in [1.807, 2.05) is 43.3 Å². The molecule has 4 rings (SSSR count). The van der Waals surface area contributed by atoms with E-state index >= 15 is 0 Å². The largest absolute Gasteiger partial charge is 0.372 e. The van der Waals surface area contributed by atoms with Gasteiger partial charge in [0.15, 0.2) is 0 Å². The number of hydrogen-bond acceptors (Lipinski definition) is 4. The topological polar surface area (TPSA) is 52.7 Å². The Bertz CT molecular complexity index is 1210. The van der Waals surface area contributed by atoms with Gasteiger partial charge < -0.3 is 10.2 Å². The third kappa shape index (κ3) is 4.24. The minimum absolute atomic E-state index is 0.0641. The fourth-order valence-electron chi connectivity index (χ4n) is 3.97. The number of imide groups is 1. The average molecular weight is 444 g/mol. The van der Waals surface area contributed by atoms with Gasteiger partial charge in [0, 0.05) is 24.5 Å². The van der Waals surface area contributed by atoms with E-state index in [0.29, 0.717) is 11.3 Å². The van der Waals surface area contributed by atoms with E-state index in [0.717, 1.165) is 29.2 Å². The SMILES string of the molecule is CCN(CC)c1ccc(NC2=C(c3ccc(C)cc3)C(=O)N(c3ccccc3F)C2=O)cc1. The van der Waals surface area contributed by atoms with Crippen LogP contribution in [-0.2, 0) is 9.59 Å². The van der Waals surface area contributed by atoms with Gasteiger partial charge in [0.2, 0.25) is 0 Å². The normalized spacial score (nSPS) is 13.6. The summed E-state index contributed by atoms with van der Waals surface area (Å²) in [5.41, 5.74) is 3.65. The van der Waals surface area contributed by atoms with Crippen LogP contribution in [0, 0.1) is 12.7 Å². The van der Waals surface area contributed by atoms with Gasteiger partial charge in [0.25, 0.3) is 11.8 Å². The molecule has 5 nitrogen and oxygen atoms in total. The Labute approximate surface area is 193 Å². The summed E-state index contributed by atoms with van der Waals surface area (Å²) in [5, 5.41) is 3.13. The van der Waals surface area contributed by atoms with Crippen molar-refractivity contribution in [3.63, 3.8) is 0 Å². The molecule has 0 aliphatic carbocycles. The van der Waals surface area contributed by atoms with E-state index in [1.165, 1.54) is 18.2 Å². The number of nitrogens with zero attached hydrogens (tertiary/aromatic N) is 2. The lowest BCUT2D eigenvalue weighted by Gasteiger charge is -2.21. The van der Waals surface area contributed by atoms with Crippen molar-refractivity contribution in [2.24, 2.45) is 0 Å². The summed E-state index contributed by atoms with van der Waals surface area (Å²) in [5.74, 6) is -1.78. The molecule has 0 fully saturated rings. The van der Waals surface area contributed by atoms with E-state index in [4.69, 9.17) is 0 Å². The predicted octanol–water partition coefficient (Wildman–Crippen LogP) is 5.38. The first-order chi connectivity index (χ1) is 15.9. The molecule has 1 aliphatic rings. The third-order valence-electron chi connectivity index (χ3n) is 5.78. The zero-order chi connectivity index (χ0) is 23.5. The molecule has 0 atom stereocenters. The van der Waals surface area contributed by atoms with Crippen molar-refractivity contribution in [3.8, 4) is 0 Å². The molecule has 1 N–H and O–H groups in total. The maximum Gasteiger partial charge on any atom is 0.282 e. The van der Waals surface area contributed by atoms with Gasteiger partial charge in [-0.3, -0.25) is 9.59 Å². The molecule has 0 saturated carbocycles. The monoisotopic (exact) mass is 443 g/mol. The molecule has 0 radical (unpaired) electrons. The standard InChI is InChI=1S/C27H26FN3O2/c1-4-30(5-2)21-16-14-20(15-17-21)29-25-24(19-12-10-18(3)11-13-19)26(32)31(27(25)33)23-9-7-6-8-22(23)28/h6-17,29H,4-5H2,1-3H3. The second kappa shape index (κ2) is 9.28. The number of aryl methyl sites for hydroxylation is 1. The molecule has 2 amide bonds. The van der Waals surface area contributed by atoms with Crippen LogP contribution in [0.5, 0.6) is 0 Å². The number of halogens is 1. The van der Waals surface area contributed by atoms with Crippen molar-refractivity contribution in [3.05, 3.63) is 95.4 Å². The lowest BCUT2D eigenvalue weighted by molar-refractivity contribution is -0.120. The highest BCUT2D eigenvalue weighted by Crippen LogP contribution is 2.35. The Hall–Kier alpha value is -3.93. The predicted molar refractivity (Wildman–Crippen MR) is 131 cm³/mol. The van der Waals surface area contributed by atoms with E-state index in [1.54, 1.807) is 18.2 Å². The Morgan fingerprint density at radius 3 is 2.09 bits per heavy atom. The Morgan fingerprint density at radius 2 is 1.48 bits per heavy atom. The Balaban J connectivity index is 1.75. The maximum absolute atomic E-state index is 14.5. The third-order valence-corrected chi connectivity index (χ3v) is 5.78. The first-order valence-electron chi connectivity index (χ1n) is 11.0. The summed E-state index contributed by atoms with van der Waals surface area (Å²) in [6.07, 6.45) is 0. The highest BCUT2D eigenvalue weighted by molar-refractivity contribution is 6.46. The fraction of sp³-hybridized carbons (Fsp3) is 0.185. The second-order valence-corrected chi connectivity index (χ2v) is 7.86. The van der Waals surface area contributed by atoms with Gasteiger partial charge >= 0.3 is 0 Å². The molecule has 0 unspecified atom stereocenters. The van der Waals surface area contributed by atoms with Crippen molar-refractivity contribution in [1.29, 1.82) is 0 Å². The van der Waals surface area contributed by atoms with E-state index in [-0.39, 0.29) is 17.0 Å². The quantitative estimate of drug-likeness (QED) is 0.499. The van der Waals surface area contributed by atoms with Crippen molar-refractivity contribution >= 4 is 34.4 Å². The van der Waals surface area contributed by atoms with Crippen LogP contribution in [0.4, 0.5) is 21.5 Å². The fourth-order valence-corrected chi connectivity index (χ4v) is 3.97. The first-order valence-corrected chi connectivity index (χ1v) is 11.0. The molecule has 33 heavy (non-hydrogen) atoms. The summed E-state index contributed by atoms with van der Waals surface area (Å²) in [7, 11) is 0. The van der Waals surface area contributed by atoms with Gasteiger partial charge in [-0.2, -0.15) is 0 Å². The van der Waals surface area contributed by atoms with Crippen molar-refractivity contribution < 1.29 is 14.0 Å². The number of anilines is 3. The average Bonchev–Trinajstić information content (AvgIpc) is 3.06. The smallest absolute Gasteiger partial charge is 0.282 e. The summed E-state index contributed by atoms with van der Waals surface area (Å²) in [6, 6.07) is 20.8. The molecular weight excluding hydrogens is 417 g/mol. The molecule has 1 aliphatic heterocycles. The van der Waals surface area contributed by atoms with Gasteiger partial charge in [-0.05, 0) is 62.7 Å². The van der Waals surface area contributed by atoms with Gasteiger partial charge in [-0.15, -0.1) is 0 Å². The molecule has 0 aromatic heterocycles. The van der Waals surface area contributed by atoms with Crippen LogP contribution in [0.2, 0.25) is 0 Å². The van der Waals surface area contributed by atoms with E-state index in [9.17, 15) is 14.0 Å². The number of amides is 2. The number of hydrogen-bond donors (Lipinski definition) is 1. The van der Waals surface area contributed by atoms with Gasteiger partial charge in [0.05, 0.1) is 11.3 Å². The number of benzene rings is 3. The molecule has 1 heterocycles. The van der Waals surface area contributed by atoms with Gasteiger partial charge in [0.1, 0.15) is 11.5 Å². The van der Waals surface area contributed by atoms with Gasteiger partial charge in [-0.25, -0.2) is 9.29 Å². The summed E-state index contributed by atoms with van der Waals surface area (Å²) >= 11 is 0. The van der Waals surface area contributed by atoms with Crippen LogP contribution >= 0.6 is 0 Å². The highest BCUT2D eigenvalue weighted by Gasteiger charge is 2.41. The van der Waals surface area contributed by atoms with Crippen LogP contribution in [0.1, 0.15) is 25.0 Å². The van der Waals surface area contributed by atoms with E-state index < -0.39 is 17.6 Å². The number of para-hydroxylation sites is 1. The van der Waals surface area contributed by atoms with Crippen LogP contribution < -0.4 is 15.1 Å². The number of carbonyl (C=O) groups is 2.